The Bertz CT molecular complexity index is 1140. The van der Waals surface area contributed by atoms with Crippen molar-refractivity contribution < 1.29 is 0 Å². The molecule has 9 nitrogen and oxygen atoms in total. The van der Waals surface area contributed by atoms with Gasteiger partial charge in [0.25, 0.3) is 0 Å². The van der Waals surface area contributed by atoms with Gasteiger partial charge in [-0.25, -0.2) is 19.9 Å². The zero-order chi connectivity index (χ0) is 20.3. The lowest BCUT2D eigenvalue weighted by atomic mass is 10.3. The van der Waals surface area contributed by atoms with Crippen molar-refractivity contribution in [2.75, 3.05) is 47.6 Å². The van der Waals surface area contributed by atoms with Crippen LogP contribution in [0.25, 0.3) is 10.9 Å². The number of anilines is 4. The number of piperazine rings is 1. The van der Waals surface area contributed by atoms with E-state index in [-0.39, 0.29) is 0 Å². The minimum absolute atomic E-state index is 0.723. The molecule has 0 unspecified atom stereocenters. The molecule has 1 aliphatic heterocycles. The lowest BCUT2D eigenvalue weighted by Crippen LogP contribution is -2.47. The van der Waals surface area contributed by atoms with E-state index in [1.807, 2.05) is 36.7 Å². The molecule has 5 rings (SSSR count). The van der Waals surface area contributed by atoms with E-state index in [0.29, 0.717) is 0 Å². The second-order valence-corrected chi connectivity index (χ2v) is 7.69. The van der Waals surface area contributed by atoms with Crippen LogP contribution in [0, 0.1) is 0 Å². The molecule has 2 N–H and O–H groups in total. The summed E-state index contributed by atoms with van der Waals surface area (Å²) in [5.74, 6) is 3.39. The average Bonchev–Trinajstić information content (AvgIpc) is 3.27. The first-order valence-corrected chi connectivity index (χ1v) is 10.9. The van der Waals surface area contributed by atoms with Crippen molar-refractivity contribution in [1.82, 2.24) is 30.1 Å². The number of rotatable bonds is 5. The van der Waals surface area contributed by atoms with Crippen LogP contribution in [0.2, 0.25) is 0 Å². The lowest BCUT2D eigenvalue weighted by Gasteiger charge is -2.36. The molecular formula is C20H21N9S. The third-order valence-corrected chi connectivity index (χ3v) is 5.58. The Kier molecular flexibility index (Phi) is 5.06. The standard InChI is InChI=1S/C20H21N9S/c1-30-20-25-17(24-16-10-14-12-23-27-15(14)13-22-16)11-19(26-20)29-8-6-28(7-9-29)18-4-2-3-5-21-18/h2-5,10-13H,6-9H2,1H3,(H,23,27)(H,22,24,25,26). The summed E-state index contributed by atoms with van der Waals surface area (Å²) in [7, 11) is 0. The van der Waals surface area contributed by atoms with Gasteiger partial charge >= 0.3 is 0 Å². The molecule has 0 aromatic carbocycles. The fourth-order valence-corrected chi connectivity index (χ4v) is 3.85. The van der Waals surface area contributed by atoms with Gasteiger partial charge in [-0.1, -0.05) is 17.8 Å². The number of hydrogen-bond donors (Lipinski definition) is 2. The van der Waals surface area contributed by atoms with E-state index in [2.05, 4.69) is 46.3 Å². The topological polar surface area (TPSA) is 98.8 Å². The smallest absolute Gasteiger partial charge is 0.191 e. The summed E-state index contributed by atoms with van der Waals surface area (Å²) < 4.78 is 0. The Balaban J connectivity index is 1.34. The monoisotopic (exact) mass is 419 g/mol. The number of nitrogens with one attached hydrogen (secondary N) is 2. The highest BCUT2D eigenvalue weighted by Gasteiger charge is 2.20. The van der Waals surface area contributed by atoms with E-state index in [1.54, 1.807) is 12.4 Å². The number of nitrogens with zero attached hydrogens (tertiary/aromatic N) is 7. The van der Waals surface area contributed by atoms with Crippen molar-refractivity contribution in [1.29, 1.82) is 0 Å². The minimum Gasteiger partial charge on any atom is -0.353 e. The van der Waals surface area contributed by atoms with Crippen LogP contribution in [0.4, 0.5) is 23.3 Å². The van der Waals surface area contributed by atoms with Gasteiger partial charge in [-0.3, -0.25) is 5.10 Å². The Labute approximate surface area is 178 Å². The number of aromatic nitrogens is 6. The third kappa shape index (κ3) is 3.86. The summed E-state index contributed by atoms with van der Waals surface area (Å²) in [6.07, 6.45) is 7.36. The van der Waals surface area contributed by atoms with E-state index in [4.69, 9.17) is 4.98 Å². The van der Waals surface area contributed by atoms with Gasteiger partial charge < -0.3 is 15.1 Å². The van der Waals surface area contributed by atoms with E-state index in [9.17, 15) is 0 Å². The number of hydrogen-bond acceptors (Lipinski definition) is 9. The number of fused-ring (bicyclic) bond motifs is 1. The largest absolute Gasteiger partial charge is 0.353 e. The highest BCUT2D eigenvalue weighted by Crippen LogP contribution is 2.25. The molecule has 0 saturated carbocycles. The van der Waals surface area contributed by atoms with Crippen molar-refractivity contribution in [3.05, 3.63) is 48.9 Å². The molecule has 0 atom stereocenters. The Morgan fingerprint density at radius 3 is 2.53 bits per heavy atom. The zero-order valence-electron chi connectivity index (χ0n) is 16.5. The summed E-state index contributed by atoms with van der Waals surface area (Å²) in [6, 6.07) is 9.95. The first-order chi connectivity index (χ1) is 14.8. The van der Waals surface area contributed by atoms with E-state index in [0.717, 1.165) is 65.5 Å². The molecule has 10 heteroatoms. The molecule has 30 heavy (non-hydrogen) atoms. The molecule has 0 spiro atoms. The minimum atomic E-state index is 0.723. The van der Waals surface area contributed by atoms with Crippen LogP contribution >= 0.6 is 11.8 Å². The van der Waals surface area contributed by atoms with Crippen LogP contribution in [-0.2, 0) is 0 Å². The Hall–Kier alpha value is -3.40. The van der Waals surface area contributed by atoms with Crippen LogP contribution in [0.3, 0.4) is 0 Å². The van der Waals surface area contributed by atoms with Gasteiger partial charge in [-0.15, -0.1) is 0 Å². The molecule has 0 aliphatic carbocycles. The highest BCUT2D eigenvalue weighted by molar-refractivity contribution is 7.98. The molecule has 1 aliphatic rings. The Morgan fingerprint density at radius 2 is 1.77 bits per heavy atom. The molecule has 5 heterocycles. The first kappa shape index (κ1) is 18.6. The number of thioether (sulfide) groups is 1. The molecule has 4 aromatic rings. The summed E-state index contributed by atoms with van der Waals surface area (Å²) in [5.41, 5.74) is 0.902. The van der Waals surface area contributed by atoms with Crippen molar-refractivity contribution in [2.24, 2.45) is 0 Å². The lowest BCUT2D eigenvalue weighted by molar-refractivity contribution is 0.638. The molecule has 0 radical (unpaired) electrons. The second-order valence-electron chi connectivity index (χ2n) is 6.91. The molecule has 4 aromatic heterocycles. The average molecular weight is 420 g/mol. The maximum Gasteiger partial charge on any atom is 0.191 e. The van der Waals surface area contributed by atoms with Gasteiger partial charge in [-0.05, 0) is 24.5 Å². The van der Waals surface area contributed by atoms with Crippen molar-refractivity contribution >= 4 is 45.9 Å². The summed E-state index contributed by atoms with van der Waals surface area (Å²) in [5, 5.41) is 12.0. The van der Waals surface area contributed by atoms with E-state index < -0.39 is 0 Å². The predicted molar refractivity (Wildman–Crippen MR) is 120 cm³/mol. The second kappa shape index (κ2) is 8.15. The molecule has 1 fully saturated rings. The van der Waals surface area contributed by atoms with Crippen LogP contribution in [0.5, 0.6) is 0 Å². The van der Waals surface area contributed by atoms with Gasteiger partial charge in [0.05, 0.1) is 17.9 Å². The van der Waals surface area contributed by atoms with Crippen LogP contribution in [-0.4, -0.2) is 62.6 Å². The van der Waals surface area contributed by atoms with Crippen molar-refractivity contribution in [3.63, 3.8) is 0 Å². The highest BCUT2D eigenvalue weighted by atomic mass is 32.2. The molecule has 0 amide bonds. The van der Waals surface area contributed by atoms with Crippen LogP contribution in [0.1, 0.15) is 0 Å². The molecule has 152 valence electrons. The van der Waals surface area contributed by atoms with Gasteiger partial charge in [0.2, 0.25) is 0 Å². The van der Waals surface area contributed by atoms with E-state index >= 15 is 0 Å². The van der Waals surface area contributed by atoms with Gasteiger partial charge in [0.15, 0.2) is 5.16 Å². The van der Waals surface area contributed by atoms with Gasteiger partial charge in [-0.2, -0.15) is 5.10 Å². The van der Waals surface area contributed by atoms with Gasteiger partial charge in [0.1, 0.15) is 23.3 Å². The van der Waals surface area contributed by atoms with E-state index in [1.165, 1.54) is 11.8 Å². The van der Waals surface area contributed by atoms with Crippen LogP contribution < -0.4 is 15.1 Å². The predicted octanol–water partition coefficient (Wildman–Crippen LogP) is 2.94. The first-order valence-electron chi connectivity index (χ1n) is 9.69. The van der Waals surface area contributed by atoms with Gasteiger partial charge in [0, 0.05) is 43.8 Å². The molecular weight excluding hydrogens is 398 g/mol. The Morgan fingerprint density at radius 1 is 0.933 bits per heavy atom. The summed E-state index contributed by atoms with van der Waals surface area (Å²) >= 11 is 1.53. The summed E-state index contributed by atoms with van der Waals surface area (Å²) in [6.45, 7) is 3.55. The number of pyridine rings is 2. The molecule has 1 saturated heterocycles. The maximum absolute atomic E-state index is 4.72. The molecule has 0 bridgehead atoms. The quantitative estimate of drug-likeness (QED) is 0.374. The third-order valence-electron chi connectivity index (χ3n) is 5.03. The normalized spacial score (nSPS) is 14.3. The SMILES string of the molecule is CSc1nc(Nc2cc3cn[nH]c3cn2)cc(N2CCN(c3ccccn3)CC2)n1. The fourth-order valence-electron chi connectivity index (χ4n) is 3.48. The number of aromatic amines is 1. The van der Waals surface area contributed by atoms with Crippen LogP contribution in [0.15, 0.2) is 54.1 Å². The fraction of sp³-hybridized carbons (Fsp3) is 0.250. The summed E-state index contributed by atoms with van der Waals surface area (Å²) in [4.78, 5) is 22.8. The van der Waals surface area contributed by atoms with Crippen molar-refractivity contribution in [3.8, 4) is 0 Å². The number of H-pyrrole nitrogens is 1. The van der Waals surface area contributed by atoms with Crippen molar-refractivity contribution in [2.45, 2.75) is 5.16 Å². The maximum atomic E-state index is 4.72. The zero-order valence-corrected chi connectivity index (χ0v) is 17.3.